The molecule has 0 fully saturated rings. The average molecular weight is 434 g/mol. The number of amides is 1. The molecule has 0 aliphatic carbocycles. The molecule has 5 nitrogen and oxygen atoms in total. The lowest BCUT2D eigenvalue weighted by Gasteiger charge is -2.10. The van der Waals surface area contributed by atoms with E-state index in [1.165, 1.54) is 24.4 Å². The van der Waals surface area contributed by atoms with Gasteiger partial charge in [0.2, 0.25) is 0 Å². The lowest BCUT2D eigenvalue weighted by atomic mass is 10.1. The highest BCUT2D eigenvalue weighted by Gasteiger charge is 2.16. The van der Waals surface area contributed by atoms with Crippen LogP contribution in [0.4, 0.5) is 5.69 Å². The second kappa shape index (κ2) is 6.55. The Morgan fingerprint density at radius 2 is 1.86 bits per heavy atom. The van der Waals surface area contributed by atoms with Gasteiger partial charge in [0, 0.05) is 15.1 Å². The quantitative estimate of drug-likeness (QED) is 0.710. The number of carbonyl (C=O) groups excluding carboxylic acids is 1. The Balaban J connectivity index is 2.38. The second-order valence-electron chi connectivity index (χ2n) is 3.94. The summed E-state index contributed by atoms with van der Waals surface area (Å²) in [5, 5.41) is 11.7. The van der Waals surface area contributed by atoms with Crippen LogP contribution in [0.15, 0.2) is 39.4 Å². The Labute approximate surface area is 141 Å². The summed E-state index contributed by atoms with van der Waals surface area (Å²) in [4.78, 5) is 27.2. The molecule has 0 saturated carbocycles. The first-order valence-electron chi connectivity index (χ1n) is 5.53. The fraction of sp³-hybridized carbons (Fsp3) is 0. The van der Waals surface area contributed by atoms with E-state index in [2.05, 4.69) is 42.2 Å². The molecular weight excluding hydrogens is 427 g/mol. The number of rotatable bonds is 3. The monoisotopic (exact) mass is 432 g/mol. The summed E-state index contributed by atoms with van der Waals surface area (Å²) in [6, 6.07) is 5.97. The third-order valence-corrected chi connectivity index (χ3v) is 3.74. The maximum atomic E-state index is 12.2. The molecule has 2 N–H and O–H groups in total. The van der Waals surface area contributed by atoms with E-state index in [1.54, 1.807) is 6.07 Å². The molecule has 1 amide bonds. The maximum absolute atomic E-state index is 12.2. The minimum Gasteiger partial charge on any atom is -0.478 e. The summed E-state index contributed by atoms with van der Waals surface area (Å²) in [5.41, 5.74) is 0.283. The first-order valence-corrected chi connectivity index (χ1v) is 7.50. The highest BCUT2D eigenvalue weighted by molar-refractivity contribution is 9.10. The zero-order chi connectivity index (χ0) is 15.6. The average Bonchev–Trinajstić information content (AvgIpc) is 2.41. The highest BCUT2D eigenvalue weighted by Crippen LogP contribution is 2.24. The van der Waals surface area contributed by atoms with Crippen LogP contribution >= 0.6 is 43.5 Å². The van der Waals surface area contributed by atoms with Crippen LogP contribution < -0.4 is 5.32 Å². The standard InChI is InChI=1S/C13H7Br2ClN2O3/c14-6-1-2-8(13(20)21)10(4-6)18-12(19)9-3-7(15)5-17-11(9)16/h1-5H,(H,18,19)(H,20,21). The van der Waals surface area contributed by atoms with Crippen LogP contribution in [-0.2, 0) is 0 Å². The summed E-state index contributed by atoms with van der Waals surface area (Å²) in [7, 11) is 0. The van der Waals surface area contributed by atoms with Crippen molar-refractivity contribution in [1.82, 2.24) is 4.98 Å². The van der Waals surface area contributed by atoms with E-state index in [0.29, 0.717) is 8.95 Å². The molecule has 0 atom stereocenters. The molecule has 0 saturated heterocycles. The van der Waals surface area contributed by atoms with Crippen molar-refractivity contribution >= 4 is 61.0 Å². The number of benzene rings is 1. The summed E-state index contributed by atoms with van der Waals surface area (Å²) in [5.74, 6) is -1.69. The van der Waals surface area contributed by atoms with Crippen LogP contribution in [0.5, 0.6) is 0 Å². The van der Waals surface area contributed by atoms with E-state index in [0.717, 1.165) is 0 Å². The zero-order valence-corrected chi connectivity index (χ0v) is 14.2. The predicted octanol–water partition coefficient (Wildman–Crippen LogP) is 4.21. The molecule has 1 heterocycles. The summed E-state index contributed by atoms with van der Waals surface area (Å²) >= 11 is 12.3. The highest BCUT2D eigenvalue weighted by atomic mass is 79.9. The number of aromatic carboxylic acids is 1. The van der Waals surface area contributed by atoms with Crippen LogP contribution in [0.3, 0.4) is 0 Å². The van der Waals surface area contributed by atoms with Gasteiger partial charge >= 0.3 is 5.97 Å². The van der Waals surface area contributed by atoms with Crippen LogP contribution in [0.1, 0.15) is 20.7 Å². The van der Waals surface area contributed by atoms with Crippen molar-refractivity contribution in [3.8, 4) is 0 Å². The molecule has 108 valence electrons. The molecular formula is C13H7Br2ClN2O3. The molecule has 0 bridgehead atoms. The lowest BCUT2D eigenvalue weighted by Crippen LogP contribution is -2.15. The van der Waals surface area contributed by atoms with Crippen molar-refractivity contribution in [2.24, 2.45) is 0 Å². The van der Waals surface area contributed by atoms with Crippen LogP contribution in [0, 0.1) is 0 Å². The summed E-state index contributed by atoms with van der Waals surface area (Å²) in [6.07, 6.45) is 1.46. The number of hydrogen-bond donors (Lipinski definition) is 2. The molecule has 0 aliphatic rings. The van der Waals surface area contributed by atoms with Gasteiger partial charge in [0.25, 0.3) is 5.91 Å². The van der Waals surface area contributed by atoms with Gasteiger partial charge in [-0.25, -0.2) is 9.78 Å². The first kappa shape index (κ1) is 15.9. The molecule has 0 unspecified atom stereocenters. The van der Waals surface area contributed by atoms with Crippen LogP contribution in [-0.4, -0.2) is 22.0 Å². The van der Waals surface area contributed by atoms with E-state index in [1.807, 2.05) is 0 Å². The Morgan fingerprint density at radius 3 is 2.52 bits per heavy atom. The third kappa shape index (κ3) is 3.81. The fourth-order valence-corrected chi connectivity index (χ4v) is 2.46. The van der Waals surface area contributed by atoms with Gasteiger partial charge in [0.1, 0.15) is 5.15 Å². The van der Waals surface area contributed by atoms with Gasteiger partial charge in [-0.1, -0.05) is 27.5 Å². The predicted molar refractivity (Wildman–Crippen MR) is 86.0 cm³/mol. The normalized spacial score (nSPS) is 10.2. The van der Waals surface area contributed by atoms with E-state index >= 15 is 0 Å². The molecule has 1 aromatic carbocycles. The largest absolute Gasteiger partial charge is 0.478 e. The molecule has 2 rings (SSSR count). The van der Waals surface area contributed by atoms with E-state index in [9.17, 15) is 9.59 Å². The summed E-state index contributed by atoms with van der Waals surface area (Å²) < 4.78 is 1.23. The topological polar surface area (TPSA) is 79.3 Å². The number of carboxylic acid groups (broad SMARTS) is 1. The first-order chi connectivity index (χ1) is 9.88. The number of nitrogens with one attached hydrogen (secondary N) is 1. The molecule has 0 spiro atoms. The van der Waals surface area contributed by atoms with Gasteiger partial charge < -0.3 is 10.4 Å². The van der Waals surface area contributed by atoms with Crippen molar-refractivity contribution in [2.75, 3.05) is 5.32 Å². The Hall–Kier alpha value is -1.44. The van der Waals surface area contributed by atoms with E-state index in [-0.39, 0.29) is 22.0 Å². The number of pyridine rings is 1. The van der Waals surface area contributed by atoms with Gasteiger partial charge in [0.15, 0.2) is 0 Å². The van der Waals surface area contributed by atoms with Gasteiger partial charge in [-0.05, 0) is 40.2 Å². The molecule has 1 aromatic heterocycles. The summed E-state index contributed by atoms with van der Waals surface area (Å²) in [6.45, 7) is 0. The molecule has 0 aliphatic heterocycles. The molecule has 2 aromatic rings. The van der Waals surface area contributed by atoms with Crippen molar-refractivity contribution in [3.63, 3.8) is 0 Å². The number of anilines is 1. The minimum atomic E-state index is -1.14. The SMILES string of the molecule is O=C(O)c1ccc(Br)cc1NC(=O)c1cc(Br)cnc1Cl. The second-order valence-corrected chi connectivity index (χ2v) is 6.13. The van der Waals surface area contributed by atoms with Gasteiger partial charge in [0.05, 0.1) is 16.8 Å². The number of carboxylic acids is 1. The van der Waals surface area contributed by atoms with Gasteiger partial charge in [-0.3, -0.25) is 4.79 Å². The molecule has 21 heavy (non-hydrogen) atoms. The Kier molecular flexibility index (Phi) is 4.97. The third-order valence-electron chi connectivity index (χ3n) is 2.51. The van der Waals surface area contributed by atoms with E-state index in [4.69, 9.17) is 16.7 Å². The molecule has 0 radical (unpaired) electrons. The Bertz CT molecular complexity index is 737. The van der Waals surface area contributed by atoms with Crippen molar-refractivity contribution in [3.05, 3.63) is 55.7 Å². The maximum Gasteiger partial charge on any atom is 0.337 e. The zero-order valence-electron chi connectivity index (χ0n) is 10.2. The number of carbonyl (C=O) groups is 2. The van der Waals surface area contributed by atoms with Gasteiger partial charge in [-0.2, -0.15) is 0 Å². The number of nitrogens with zero attached hydrogens (tertiary/aromatic N) is 1. The van der Waals surface area contributed by atoms with Crippen LogP contribution in [0.2, 0.25) is 5.15 Å². The lowest BCUT2D eigenvalue weighted by molar-refractivity contribution is 0.0698. The number of aromatic nitrogens is 1. The molecule has 8 heteroatoms. The number of hydrogen-bond acceptors (Lipinski definition) is 3. The van der Waals surface area contributed by atoms with Crippen LogP contribution in [0.25, 0.3) is 0 Å². The smallest absolute Gasteiger partial charge is 0.337 e. The van der Waals surface area contributed by atoms with Crippen molar-refractivity contribution < 1.29 is 14.7 Å². The van der Waals surface area contributed by atoms with Crippen molar-refractivity contribution in [2.45, 2.75) is 0 Å². The van der Waals surface area contributed by atoms with Gasteiger partial charge in [-0.15, -0.1) is 0 Å². The fourth-order valence-electron chi connectivity index (χ4n) is 1.58. The van der Waals surface area contributed by atoms with Crippen molar-refractivity contribution in [1.29, 1.82) is 0 Å². The number of halogens is 3. The minimum absolute atomic E-state index is 0.0226. The Morgan fingerprint density at radius 1 is 1.14 bits per heavy atom. The van der Waals surface area contributed by atoms with E-state index < -0.39 is 11.9 Å².